The first kappa shape index (κ1) is 28.8. The average Bonchev–Trinajstić information content (AvgIpc) is 2.98. The third kappa shape index (κ3) is 6.77. The molecule has 0 saturated carbocycles. The van der Waals surface area contributed by atoms with Crippen LogP contribution in [-0.2, 0) is 9.59 Å². The average molecular weight is 582 g/mol. The fourth-order valence-electron chi connectivity index (χ4n) is 4.31. The second kappa shape index (κ2) is 12.4. The lowest BCUT2D eigenvalue weighted by Gasteiger charge is -2.10. The molecule has 0 unspecified atom stereocenters. The Morgan fingerprint density at radius 2 is 0.977 bits per heavy atom. The number of rotatable bonds is 7. The highest BCUT2D eigenvalue weighted by molar-refractivity contribution is 5.93. The molecule has 0 fully saturated rings. The normalized spacial score (nSPS) is 10.6. The van der Waals surface area contributed by atoms with Gasteiger partial charge in [-0.1, -0.05) is 36.4 Å². The molecule has 5 aromatic rings. The molecular weight excluding hydrogens is 562 g/mol. The van der Waals surface area contributed by atoms with Crippen LogP contribution in [0.25, 0.3) is 33.4 Å². The van der Waals surface area contributed by atoms with Crippen LogP contribution in [-0.4, -0.2) is 11.9 Å². The van der Waals surface area contributed by atoms with Crippen molar-refractivity contribution in [2.45, 2.75) is 6.42 Å². The zero-order valence-electron chi connectivity index (χ0n) is 22.1. The van der Waals surface area contributed by atoms with Gasteiger partial charge in [-0.15, -0.1) is 0 Å². The van der Waals surface area contributed by atoms with Crippen molar-refractivity contribution in [3.8, 4) is 50.9 Å². The number of hydrogen-bond acceptors (Lipinski definition) is 5. The number of hydrogen-bond donors (Lipinski definition) is 0. The van der Waals surface area contributed by atoms with E-state index in [0.717, 1.165) is 12.1 Å². The molecule has 0 bridgehead atoms. The SMILES string of the molecule is N#Cc1ccc(-c2ccc(-c3ccc(OC(=O)CC(=O)Oc4ccc(-c5ccc(F)cc5)c(F)c4)cc3F)cc2F)cc1. The van der Waals surface area contributed by atoms with Gasteiger partial charge in [0.15, 0.2) is 0 Å². The predicted molar refractivity (Wildman–Crippen MR) is 150 cm³/mol. The van der Waals surface area contributed by atoms with Gasteiger partial charge in [0.1, 0.15) is 41.2 Å². The maximum atomic E-state index is 14.9. The second-order valence-corrected chi connectivity index (χ2v) is 9.30. The zero-order valence-corrected chi connectivity index (χ0v) is 22.1. The second-order valence-electron chi connectivity index (χ2n) is 9.30. The van der Waals surface area contributed by atoms with Gasteiger partial charge in [0.25, 0.3) is 0 Å². The summed E-state index contributed by atoms with van der Waals surface area (Å²) in [7, 11) is 0. The van der Waals surface area contributed by atoms with E-state index < -0.39 is 41.6 Å². The fraction of sp³-hybridized carbons (Fsp3) is 0.0294. The number of nitrogens with zero attached hydrogens (tertiary/aromatic N) is 1. The minimum Gasteiger partial charge on any atom is -0.426 e. The van der Waals surface area contributed by atoms with Gasteiger partial charge < -0.3 is 9.47 Å². The lowest BCUT2D eigenvalue weighted by Crippen LogP contribution is -2.18. The van der Waals surface area contributed by atoms with Gasteiger partial charge in [0, 0.05) is 28.8 Å². The van der Waals surface area contributed by atoms with Crippen molar-refractivity contribution >= 4 is 11.9 Å². The molecule has 0 radical (unpaired) electrons. The third-order valence-corrected chi connectivity index (χ3v) is 6.39. The van der Waals surface area contributed by atoms with Crippen LogP contribution in [0.4, 0.5) is 17.6 Å². The molecule has 0 aliphatic rings. The molecule has 0 aromatic heterocycles. The van der Waals surface area contributed by atoms with E-state index in [1.165, 1.54) is 66.7 Å². The first-order chi connectivity index (χ1) is 20.7. The van der Waals surface area contributed by atoms with Crippen molar-refractivity contribution in [3.63, 3.8) is 0 Å². The molecule has 0 spiro atoms. The molecule has 0 saturated heterocycles. The molecule has 5 nitrogen and oxygen atoms in total. The first-order valence-electron chi connectivity index (χ1n) is 12.8. The molecule has 0 amide bonds. The van der Waals surface area contributed by atoms with Crippen molar-refractivity contribution in [1.29, 1.82) is 5.26 Å². The van der Waals surface area contributed by atoms with E-state index in [9.17, 15) is 27.2 Å². The van der Waals surface area contributed by atoms with Gasteiger partial charge in [-0.25, -0.2) is 17.6 Å². The van der Waals surface area contributed by atoms with Crippen LogP contribution in [0.5, 0.6) is 11.5 Å². The minimum atomic E-state index is -1.04. The van der Waals surface area contributed by atoms with Crippen LogP contribution in [0.2, 0.25) is 0 Å². The van der Waals surface area contributed by atoms with Gasteiger partial charge in [-0.05, 0) is 71.3 Å². The van der Waals surface area contributed by atoms with Gasteiger partial charge in [0.2, 0.25) is 0 Å². The van der Waals surface area contributed by atoms with Crippen LogP contribution in [0.15, 0.2) is 103 Å². The van der Waals surface area contributed by atoms with Crippen LogP contribution >= 0.6 is 0 Å². The Morgan fingerprint density at radius 3 is 1.44 bits per heavy atom. The number of benzene rings is 5. The maximum absolute atomic E-state index is 14.9. The summed E-state index contributed by atoms with van der Waals surface area (Å²) in [6.07, 6.45) is -0.841. The van der Waals surface area contributed by atoms with E-state index in [2.05, 4.69) is 0 Å². The number of nitriles is 1. The molecule has 9 heteroatoms. The highest BCUT2D eigenvalue weighted by Crippen LogP contribution is 2.31. The standard InChI is InChI=1S/C34H19F4NO4/c35-24-8-5-22(6-9-24)28-13-10-25(16-31(28)37)42-33(40)18-34(41)43-26-11-14-29(32(38)17-26)23-7-12-27(30(36)15-23)21-3-1-20(19-39)2-4-21/h1-17H,18H2. The molecule has 212 valence electrons. The fourth-order valence-corrected chi connectivity index (χ4v) is 4.31. The summed E-state index contributed by atoms with van der Waals surface area (Å²) in [5, 5.41) is 8.93. The first-order valence-corrected chi connectivity index (χ1v) is 12.8. The van der Waals surface area contributed by atoms with Crippen molar-refractivity contribution in [3.05, 3.63) is 132 Å². The van der Waals surface area contributed by atoms with Crippen LogP contribution in [0.1, 0.15) is 12.0 Å². The van der Waals surface area contributed by atoms with Crippen molar-refractivity contribution < 1.29 is 36.6 Å². The van der Waals surface area contributed by atoms with Crippen molar-refractivity contribution in [2.24, 2.45) is 0 Å². The van der Waals surface area contributed by atoms with Crippen molar-refractivity contribution in [1.82, 2.24) is 0 Å². The van der Waals surface area contributed by atoms with E-state index in [-0.39, 0.29) is 33.8 Å². The van der Waals surface area contributed by atoms with Gasteiger partial charge in [-0.3, -0.25) is 9.59 Å². The number of ether oxygens (including phenoxy) is 2. The largest absolute Gasteiger partial charge is 0.426 e. The number of esters is 2. The van der Waals surface area contributed by atoms with Crippen LogP contribution in [0.3, 0.4) is 0 Å². The van der Waals surface area contributed by atoms with E-state index in [4.69, 9.17) is 14.7 Å². The lowest BCUT2D eigenvalue weighted by molar-refractivity contribution is -0.144. The Morgan fingerprint density at radius 1 is 0.558 bits per heavy atom. The molecular formula is C34H19F4NO4. The summed E-state index contributed by atoms with van der Waals surface area (Å²) in [5.41, 5.74) is 2.14. The highest BCUT2D eigenvalue weighted by atomic mass is 19.1. The number of carbonyl (C=O) groups excluding carboxylic acids is 2. The van der Waals surface area contributed by atoms with E-state index in [0.29, 0.717) is 16.7 Å². The zero-order chi connectivity index (χ0) is 30.5. The van der Waals surface area contributed by atoms with Gasteiger partial charge in [0.05, 0.1) is 11.6 Å². The maximum Gasteiger partial charge on any atom is 0.322 e. The molecule has 0 N–H and O–H groups in total. The van der Waals surface area contributed by atoms with Crippen LogP contribution in [0, 0.1) is 34.6 Å². The molecule has 5 aromatic carbocycles. The topological polar surface area (TPSA) is 76.4 Å². The van der Waals surface area contributed by atoms with Gasteiger partial charge >= 0.3 is 11.9 Å². The Bertz CT molecular complexity index is 1880. The smallest absolute Gasteiger partial charge is 0.322 e. The molecule has 43 heavy (non-hydrogen) atoms. The molecule has 0 atom stereocenters. The summed E-state index contributed by atoms with van der Waals surface area (Å²) in [6, 6.07) is 24.9. The monoisotopic (exact) mass is 581 g/mol. The summed E-state index contributed by atoms with van der Waals surface area (Å²) >= 11 is 0. The Kier molecular flexibility index (Phi) is 8.30. The van der Waals surface area contributed by atoms with E-state index >= 15 is 0 Å². The Labute approximate surface area is 243 Å². The highest BCUT2D eigenvalue weighted by Gasteiger charge is 2.17. The van der Waals surface area contributed by atoms with E-state index in [1.807, 2.05) is 6.07 Å². The summed E-state index contributed by atoms with van der Waals surface area (Å²) < 4.78 is 67.5. The van der Waals surface area contributed by atoms with Crippen LogP contribution < -0.4 is 9.47 Å². The minimum absolute atomic E-state index is 0.0515. The predicted octanol–water partition coefficient (Wildman–Crippen LogP) is 8.02. The summed E-state index contributed by atoms with van der Waals surface area (Å²) in [6.45, 7) is 0. The summed E-state index contributed by atoms with van der Waals surface area (Å²) in [5.74, 6) is -5.01. The Hall–Kier alpha value is -5.75. The molecule has 0 heterocycles. The third-order valence-electron chi connectivity index (χ3n) is 6.39. The Balaban J connectivity index is 1.20. The molecule has 0 aliphatic carbocycles. The summed E-state index contributed by atoms with van der Waals surface area (Å²) in [4.78, 5) is 24.5. The molecule has 5 rings (SSSR count). The number of halogens is 4. The number of carbonyl (C=O) groups is 2. The lowest BCUT2D eigenvalue weighted by atomic mass is 9.98. The van der Waals surface area contributed by atoms with E-state index in [1.54, 1.807) is 24.3 Å². The quantitative estimate of drug-likeness (QED) is 0.0842. The molecule has 0 aliphatic heterocycles. The van der Waals surface area contributed by atoms with Crippen molar-refractivity contribution in [2.75, 3.05) is 0 Å². The van der Waals surface area contributed by atoms with Gasteiger partial charge in [-0.2, -0.15) is 5.26 Å².